The maximum absolute atomic E-state index is 13.6. The molecular formula is C11H11BrF2O3. The Hall–Kier alpha value is -1.01. The van der Waals surface area contributed by atoms with Gasteiger partial charge in [-0.2, -0.15) is 8.78 Å². The lowest BCUT2D eigenvalue weighted by Gasteiger charge is -2.17. The Morgan fingerprint density at radius 3 is 2.53 bits per heavy atom. The summed E-state index contributed by atoms with van der Waals surface area (Å²) in [6.45, 7) is -0.719. The van der Waals surface area contributed by atoms with Crippen LogP contribution in [0.1, 0.15) is 15.9 Å². The van der Waals surface area contributed by atoms with Crippen molar-refractivity contribution in [1.29, 1.82) is 0 Å². The Morgan fingerprint density at radius 2 is 2.06 bits per heavy atom. The van der Waals surface area contributed by atoms with Crippen molar-refractivity contribution in [2.75, 3.05) is 20.8 Å². The van der Waals surface area contributed by atoms with Crippen LogP contribution in [0.3, 0.4) is 0 Å². The molecular weight excluding hydrogens is 298 g/mol. The lowest BCUT2D eigenvalue weighted by Crippen LogP contribution is -2.21. The molecule has 0 atom stereocenters. The molecule has 0 fully saturated rings. The molecule has 0 unspecified atom stereocenters. The molecule has 0 radical (unpaired) electrons. The number of ether oxygens (including phenoxy) is 2. The number of esters is 1. The molecule has 0 heterocycles. The minimum atomic E-state index is -3.11. The first-order valence-electron chi connectivity index (χ1n) is 4.67. The molecule has 0 aromatic heterocycles. The Morgan fingerprint density at radius 1 is 1.41 bits per heavy atom. The van der Waals surface area contributed by atoms with Crippen LogP contribution in [0.5, 0.6) is 0 Å². The number of carbonyl (C=O) groups excluding carboxylic acids is 1. The Labute approximate surface area is 106 Å². The van der Waals surface area contributed by atoms with Gasteiger partial charge in [-0.1, -0.05) is 22.0 Å². The van der Waals surface area contributed by atoms with Gasteiger partial charge in [0.25, 0.3) is 5.92 Å². The number of benzene rings is 1. The molecule has 3 nitrogen and oxygen atoms in total. The molecule has 0 aliphatic rings. The zero-order valence-corrected chi connectivity index (χ0v) is 10.9. The Balaban J connectivity index is 3.09. The normalized spacial score (nSPS) is 11.4. The van der Waals surface area contributed by atoms with Crippen molar-refractivity contribution in [3.8, 4) is 0 Å². The summed E-state index contributed by atoms with van der Waals surface area (Å²) in [5.41, 5.74) is -0.0247. The van der Waals surface area contributed by atoms with Crippen LogP contribution in [0.25, 0.3) is 0 Å². The molecule has 0 aliphatic heterocycles. The predicted octanol–water partition coefficient (Wildman–Crippen LogP) is 2.97. The smallest absolute Gasteiger partial charge is 0.337 e. The van der Waals surface area contributed by atoms with Gasteiger partial charge in [-0.3, -0.25) is 0 Å². The minimum absolute atomic E-state index is 0.141. The minimum Gasteiger partial charge on any atom is -0.465 e. The molecule has 0 aliphatic carbocycles. The average Bonchev–Trinajstić information content (AvgIpc) is 2.27. The van der Waals surface area contributed by atoms with E-state index in [1.165, 1.54) is 32.4 Å². The van der Waals surface area contributed by atoms with Gasteiger partial charge in [0.05, 0.1) is 12.7 Å². The summed E-state index contributed by atoms with van der Waals surface area (Å²) in [4.78, 5) is 11.2. The van der Waals surface area contributed by atoms with E-state index in [4.69, 9.17) is 0 Å². The van der Waals surface area contributed by atoms with Crippen LogP contribution in [0.15, 0.2) is 22.7 Å². The summed E-state index contributed by atoms with van der Waals surface area (Å²) in [6, 6.07) is 3.76. The molecule has 0 saturated heterocycles. The van der Waals surface area contributed by atoms with Crippen LogP contribution in [-0.2, 0) is 15.4 Å². The molecule has 1 rings (SSSR count). The molecule has 6 heteroatoms. The van der Waals surface area contributed by atoms with E-state index < -0.39 is 18.5 Å². The number of alkyl halides is 2. The highest BCUT2D eigenvalue weighted by Crippen LogP contribution is 2.34. The van der Waals surface area contributed by atoms with Crippen LogP contribution >= 0.6 is 15.9 Å². The molecule has 0 N–H and O–H groups in total. The monoisotopic (exact) mass is 308 g/mol. The molecule has 1 aromatic rings. The van der Waals surface area contributed by atoms with Crippen molar-refractivity contribution < 1.29 is 23.0 Å². The van der Waals surface area contributed by atoms with Gasteiger partial charge in [-0.25, -0.2) is 4.79 Å². The fourth-order valence-corrected chi connectivity index (χ4v) is 1.98. The SMILES string of the molecule is COCC(F)(F)c1ccc(C(=O)OC)cc1Br. The third kappa shape index (κ3) is 3.23. The van der Waals surface area contributed by atoms with Crippen molar-refractivity contribution in [2.24, 2.45) is 0 Å². The van der Waals surface area contributed by atoms with Crippen LogP contribution in [0.2, 0.25) is 0 Å². The van der Waals surface area contributed by atoms with Crippen LogP contribution < -0.4 is 0 Å². The second-order valence-electron chi connectivity index (χ2n) is 3.32. The maximum Gasteiger partial charge on any atom is 0.337 e. The van der Waals surface area contributed by atoms with E-state index in [2.05, 4.69) is 25.4 Å². The van der Waals surface area contributed by atoms with E-state index >= 15 is 0 Å². The highest BCUT2D eigenvalue weighted by Gasteiger charge is 2.33. The van der Waals surface area contributed by atoms with Gasteiger partial charge in [-0.15, -0.1) is 0 Å². The van der Waals surface area contributed by atoms with Crippen LogP contribution in [0.4, 0.5) is 8.78 Å². The fraction of sp³-hybridized carbons (Fsp3) is 0.364. The van der Waals surface area contributed by atoms with Gasteiger partial charge < -0.3 is 9.47 Å². The third-order valence-electron chi connectivity index (χ3n) is 2.11. The highest BCUT2D eigenvalue weighted by atomic mass is 79.9. The topological polar surface area (TPSA) is 35.5 Å². The molecule has 94 valence electrons. The van der Waals surface area contributed by atoms with E-state index in [0.29, 0.717) is 0 Å². The van der Waals surface area contributed by atoms with Gasteiger partial charge in [0, 0.05) is 17.1 Å². The van der Waals surface area contributed by atoms with Crippen molar-refractivity contribution in [3.63, 3.8) is 0 Å². The number of carbonyl (C=O) groups is 1. The molecule has 0 amide bonds. The summed E-state index contributed by atoms with van der Waals surface area (Å²) in [5.74, 6) is -3.69. The first-order valence-corrected chi connectivity index (χ1v) is 5.46. The van der Waals surface area contributed by atoms with E-state index in [1.807, 2.05) is 0 Å². The van der Waals surface area contributed by atoms with E-state index in [-0.39, 0.29) is 15.6 Å². The first kappa shape index (κ1) is 14.1. The lowest BCUT2D eigenvalue weighted by molar-refractivity contribution is -0.0703. The number of methoxy groups -OCH3 is 2. The fourth-order valence-electron chi connectivity index (χ4n) is 1.32. The zero-order valence-electron chi connectivity index (χ0n) is 9.30. The van der Waals surface area contributed by atoms with E-state index in [9.17, 15) is 13.6 Å². The summed E-state index contributed by atoms with van der Waals surface area (Å²) in [7, 11) is 2.42. The van der Waals surface area contributed by atoms with Crippen molar-refractivity contribution in [3.05, 3.63) is 33.8 Å². The number of hydrogen-bond acceptors (Lipinski definition) is 3. The lowest BCUT2D eigenvalue weighted by atomic mass is 10.1. The maximum atomic E-state index is 13.6. The highest BCUT2D eigenvalue weighted by molar-refractivity contribution is 9.10. The third-order valence-corrected chi connectivity index (χ3v) is 2.77. The second kappa shape index (κ2) is 5.55. The summed E-state index contributed by atoms with van der Waals surface area (Å²) >= 11 is 3.01. The summed E-state index contributed by atoms with van der Waals surface area (Å²) in [5, 5.41) is 0. The van der Waals surface area contributed by atoms with Crippen molar-refractivity contribution in [1.82, 2.24) is 0 Å². The largest absolute Gasteiger partial charge is 0.465 e. The van der Waals surface area contributed by atoms with Crippen LogP contribution in [0, 0.1) is 0 Å². The van der Waals surface area contributed by atoms with Gasteiger partial charge in [0.1, 0.15) is 6.61 Å². The van der Waals surface area contributed by atoms with Crippen LogP contribution in [-0.4, -0.2) is 26.8 Å². The average molecular weight is 309 g/mol. The Bertz CT molecular complexity index is 421. The molecule has 0 saturated carbocycles. The predicted molar refractivity (Wildman–Crippen MR) is 61.3 cm³/mol. The summed E-state index contributed by atoms with van der Waals surface area (Å²) in [6.07, 6.45) is 0. The molecule has 17 heavy (non-hydrogen) atoms. The summed E-state index contributed by atoms with van der Waals surface area (Å²) < 4.78 is 36.2. The van der Waals surface area contributed by atoms with Gasteiger partial charge in [-0.05, 0) is 12.1 Å². The number of halogens is 3. The van der Waals surface area contributed by atoms with Gasteiger partial charge >= 0.3 is 5.97 Å². The standard InChI is InChI=1S/C11H11BrF2O3/c1-16-6-11(13,14)8-4-3-7(5-9(8)12)10(15)17-2/h3-5H,6H2,1-2H3. The van der Waals surface area contributed by atoms with E-state index in [0.717, 1.165) is 0 Å². The zero-order chi connectivity index (χ0) is 13.1. The first-order chi connectivity index (χ1) is 7.92. The molecule has 0 spiro atoms. The van der Waals surface area contributed by atoms with Crippen molar-refractivity contribution >= 4 is 21.9 Å². The second-order valence-corrected chi connectivity index (χ2v) is 4.18. The van der Waals surface area contributed by atoms with Gasteiger partial charge in [0.2, 0.25) is 0 Å². The Kier molecular flexibility index (Phi) is 4.59. The molecule has 1 aromatic carbocycles. The quantitative estimate of drug-likeness (QED) is 0.802. The molecule has 0 bridgehead atoms. The van der Waals surface area contributed by atoms with Crippen molar-refractivity contribution in [2.45, 2.75) is 5.92 Å². The van der Waals surface area contributed by atoms with E-state index in [1.54, 1.807) is 0 Å². The number of hydrogen-bond donors (Lipinski definition) is 0. The van der Waals surface area contributed by atoms with Gasteiger partial charge in [0.15, 0.2) is 0 Å². The number of rotatable bonds is 4.